The van der Waals surface area contributed by atoms with E-state index < -0.39 is 0 Å². The predicted molar refractivity (Wildman–Crippen MR) is 72.6 cm³/mol. The predicted octanol–water partition coefficient (Wildman–Crippen LogP) is 2.71. The molecule has 3 atom stereocenters. The lowest BCUT2D eigenvalue weighted by Crippen LogP contribution is -2.49. The summed E-state index contributed by atoms with van der Waals surface area (Å²) in [6.45, 7) is 3.54. The Kier molecular flexibility index (Phi) is 4.20. The fourth-order valence-corrected chi connectivity index (χ4v) is 3.85. The fraction of sp³-hybridized carbons (Fsp3) is 0.923. The molecule has 1 saturated heterocycles. The van der Waals surface area contributed by atoms with Crippen molar-refractivity contribution in [2.24, 2.45) is 11.7 Å². The lowest BCUT2D eigenvalue weighted by molar-refractivity contribution is 0.110. The minimum Gasteiger partial charge on any atom is -0.392 e. The van der Waals surface area contributed by atoms with Gasteiger partial charge in [0.2, 0.25) is 0 Å². The third-order valence-electron chi connectivity index (χ3n) is 4.44. The molecule has 0 aromatic heterocycles. The van der Waals surface area contributed by atoms with Gasteiger partial charge in [-0.05, 0) is 38.1 Å². The summed E-state index contributed by atoms with van der Waals surface area (Å²) in [7, 11) is 0. The van der Waals surface area contributed by atoms with Gasteiger partial charge in [0.05, 0.1) is 11.0 Å². The van der Waals surface area contributed by atoms with E-state index in [0.29, 0.717) is 6.04 Å². The molecule has 2 aliphatic rings. The van der Waals surface area contributed by atoms with Crippen LogP contribution in [0.1, 0.15) is 51.9 Å². The minimum absolute atomic E-state index is 0.396. The summed E-state index contributed by atoms with van der Waals surface area (Å²) < 4.78 is 0. The van der Waals surface area contributed by atoms with Crippen LogP contribution >= 0.6 is 12.2 Å². The Hall–Kier alpha value is -0.150. The molecule has 2 rings (SSSR count). The summed E-state index contributed by atoms with van der Waals surface area (Å²) in [5.41, 5.74) is 5.87. The van der Waals surface area contributed by atoms with E-state index in [4.69, 9.17) is 18.0 Å². The molecule has 0 spiro atoms. The molecule has 92 valence electrons. The summed E-state index contributed by atoms with van der Waals surface area (Å²) in [5, 5.41) is 0. The van der Waals surface area contributed by atoms with E-state index in [2.05, 4.69) is 11.8 Å². The van der Waals surface area contributed by atoms with Gasteiger partial charge in [-0.25, -0.2) is 0 Å². The Bertz CT molecular complexity index is 254. The SMILES string of the molecule is CCC1CCCCC1N1CCCC1C(N)=S. The first kappa shape index (κ1) is 12.3. The Morgan fingerprint density at radius 2 is 2.00 bits per heavy atom. The van der Waals surface area contributed by atoms with E-state index in [9.17, 15) is 0 Å². The molecule has 0 bridgehead atoms. The molecular formula is C13H24N2S. The van der Waals surface area contributed by atoms with Gasteiger partial charge in [-0.3, -0.25) is 4.90 Å². The van der Waals surface area contributed by atoms with Crippen LogP contribution in [0.15, 0.2) is 0 Å². The van der Waals surface area contributed by atoms with Crippen molar-refractivity contribution in [2.45, 2.75) is 64.0 Å². The average molecular weight is 240 g/mol. The van der Waals surface area contributed by atoms with E-state index in [1.165, 1.54) is 51.5 Å². The van der Waals surface area contributed by atoms with E-state index in [0.717, 1.165) is 16.9 Å². The summed E-state index contributed by atoms with van der Waals surface area (Å²) >= 11 is 5.21. The lowest BCUT2D eigenvalue weighted by atomic mass is 9.81. The maximum atomic E-state index is 5.87. The molecule has 2 N–H and O–H groups in total. The second kappa shape index (κ2) is 5.46. The van der Waals surface area contributed by atoms with Gasteiger partial charge in [0.15, 0.2) is 0 Å². The molecular weight excluding hydrogens is 216 g/mol. The Morgan fingerprint density at radius 3 is 2.69 bits per heavy atom. The van der Waals surface area contributed by atoms with Crippen LogP contribution in [0.3, 0.4) is 0 Å². The number of nitrogens with two attached hydrogens (primary N) is 1. The number of likely N-dealkylation sites (tertiary alicyclic amines) is 1. The highest BCUT2D eigenvalue weighted by Crippen LogP contribution is 2.34. The van der Waals surface area contributed by atoms with Gasteiger partial charge in [0.1, 0.15) is 0 Å². The van der Waals surface area contributed by atoms with Crippen molar-refractivity contribution in [1.29, 1.82) is 0 Å². The molecule has 0 aromatic rings. The summed E-state index contributed by atoms with van der Waals surface area (Å²) in [6.07, 6.45) is 9.34. The van der Waals surface area contributed by atoms with Crippen LogP contribution in [-0.2, 0) is 0 Å². The smallest absolute Gasteiger partial charge is 0.0902 e. The fourth-order valence-electron chi connectivity index (χ4n) is 3.59. The molecule has 0 amide bonds. The monoisotopic (exact) mass is 240 g/mol. The molecule has 3 heteroatoms. The maximum absolute atomic E-state index is 5.87. The van der Waals surface area contributed by atoms with Crippen LogP contribution in [0, 0.1) is 5.92 Å². The number of hydrogen-bond acceptors (Lipinski definition) is 2. The molecule has 1 heterocycles. The zero-order valence-electron chi connectivity index (χ0n) is 10.3. The maximum Gasteiger partial charge on any atom is 0.0902 e. The molecule has 1 aliphatic carbocycles. The number of nitrogens with zero attached hydrogens (tertiary/aromatic N) is 1. The standard InChI is InChI=1S/C13H24N2S/c1-2-10-6-3-4-7-11(10)15-9-5-8-12(15)13(14)16/h10-12H,2-9H2,1H3,(H2,14,16). The van der Waals surface area contributed by atoms with Gasteiger partial charge in [0, 0.05) is 6.04 Å². The van der Waals surface area contributed by atoms with E-state index >= 15 is 0 Å². The van der Waals surface area contributed by atoms with Crippen LogP contribution in [0.2, 0.25) is 0 Å². The second-order valence-electron chi connectivity index (χ2n) is 5.32. The van der Waals surface area contributed by atoms with Crippen LogP contribution in [0.5, 0.6) is 0 Å². The van der Waals surface area contributed by atoms with E-state index in [1.807, 2.05) is 0 Å². The first-order valence-electron chi connectivity index (χ1n) is 6.79. The normalized spacial score (nSPS) is 36.4. The Labute approximate surface area is 105 Å². The highest BCUT2D eigenvalue weighted by Gasteiger charge is 2.36. The third kappa shape index (κ3) is 2.40. The van der Waals surface area contributed by atoms with Gasteiger partial charge in [-0.2, -0.15) is 0 Å². The van der Waals surface area contributed by atoms with Crippen molar-refractivity contribution in [3.8, 4) is 0 Å². The molecule has 2 nitrogen and oxygen atoms in total. The lowest BCUT2D eigenvalue weighted by Gasteiger charge is -2.40. The van der Waals surface area contributed by atoms with Gasteiger partial charge >= 0.3 is 0 Å². The quantitative estimate of drug-likeness (QED) is 0.769. The van der Waals surface area contributed by atoms with Crippen molar-refractivity contribution >= 4 is 17.2 Å². The topological polar surface area (TPSA) is 29.3 Å². The number of thiocarbonyl (C=S) groups is 1. The van der Waals surface area contributed by atoms with Gasteiger partial charge in [0.25, 0.3) is 0 Å². The zero-order valence-corrected chi connectivity index (χ0v) is 11.1. The molecule has 2 fully saturated rings. The van der Waals surface area contributed by atoms with Crippen molar-refractivity contribution < 1.29 is 0 Å². The summed E-state index contributed by atoms with van der Waals surface area (Å²) in [5.74, 6) is 0.878. The largest absolute Gasteiger partial charge is 0.392 e. The molecule has 0 aromatic carbocycles. The van der Waals surface area contributed by atoms with Crippen LogP contribution in [0.25, 0.3) is 0 Å². The first-order valence-corrected chi connectivity index (χ1v) is 7.20. The van der Waals surface area contributed by atoms with Crippen molar-refractivity contribution in [2.75, 3.05) is 6.54 Å². The highest BCUT2D eigenvalue weighted by atomic mass is 32.1. The zero-order chi connectivity index (χ0) is 11.5. The number of rotatable bonds is 3. The third-order valence-corrected chi connectivity index (χ3v) is 4.71. The molecule has 16 heavy (non-hydrogen) atoms. The first-order chi connectivity index (χ1) is 7.74. The number of hydrogen-bond donors (Lipinski definition) is 1. The van der Waals surface area contributed by atoms with Gasteiger partial charge < -0.3 is 5.73 Å². The molecule has 0 radical (unpaired) electrons. The molecule has 3 unspecified atom stereocenters. The van der Waals surface area contributed by atoms with Crippen LogP contribution in [-0.4, -0.2) is 28.5 Å². The minimum atomic E-state index is 0.396. The summed E-state index contributed by atoms with van der Waals surface area (Å²) in [6, 6.07) is 1.15. The van der Waals surface area contributed by atoms with Crippen molar-refractivity contribution in [3.63, 3.8) is 0 Å². The van der Waals surface area contributed by atoms with Crippen LogP contribution in [0.4, 0.5) is 0 Å². The average Bonchev–Trinajstić information content (AvgIpc) is 2.77. The molecule has 1 saturated carbocycles. The second-order valence-corrected chi connectivity index (χ2v) is 5.79. The van der Waals surface area contributed by atoms with Gasteiger partial charge in [-0.15, -0.1) is 0 Å². The summed E-state index contributed by atoms with van der Waals surface area (Å²) in [4.78, 5) is 3.34. The highest BCUT2D eigenvalue weighted by molar-refractivity contribution is 7.80. The van der Waals surface area contributed by atoms with Gasteiger partial charge in [-0.1, -0.05) is 38.4 Å². The van der Waals surface area contributed by atoms with Crippen LogP contribution < -0.4 is 5.73 Å². The van der Waals surface area contributed by atoms with Crippen molar-refractivity contribution in [1.82, 2.24) is 4.90 Å². The van der Waals surface area contributed by atoms with Crippen molar-refractivity contribution in [3.05, 3.63) is 0 Å². The Morgan fingerprint density at radius 1 is 1.25 bits per heavy atom. The van der Waals surface area contributed by atoms with E-state index in [-0.39, 0.29) is 0 Å². The van der Waals surface area contributed by atoms with E-state index in [1.54, 1.807) is 0 Å². The molecule has 1 aliphatic heterocycles. The Balaban J connectivity index is 2.06.